The van der Waals surface area contributed by atoms with Gasteiger partial charge in [-0.1, -0.05) is 11.6 Å². The fourth-order valence-electron chi connectivity index (χ4n) is 2.17. The molecule has 2 rings (SSSR count). The number of hydrogen-bond donors (Lipinski definition) is 1. The van der Waals surface area contributed by atoms with Crippen LogP contribution in [0.3, 0.4) is 0 Å². The number of carbonyl (C=O) groups is 1. The molecule has 1 atom stereocenters. The molecule has 19 heavy (non-hydrogen) atoms. The minimum Gasteiger partial charge on any atom is -0.340 e. The highest BCUT2D eigenvalue weighted by Gasteiger charge is 2.21. The second-order valence-electron chi connectivity index (χ2n) is 4.98. The molecule has 1 fully saturated rings. The molecule has 1 saturated heterocycles. The summed E-state index contributed by atoms with van der Waals surface area (Å²) in [6.07, 6.45) is 0. The standard InChI is InChI=1S/C13H20ClN3OS/c1-10-7-15-5-6-17(10)9-13(18)16(2)8-11-3-4-12(14)19-11/h3-4,10,15H,5-9H2,1-2H3/t10-/m1/s1. The number of rotatable bonds is 4. The summed E-state index contributed by atoms with van der Waals surface area (Å²) in [5.74, 6) is 0.165. The maximum absolute atomic E-state index is 12.2. The van der Waals surface area contributed by atoms with E-state index in [0.717, 1.165) is 28.8 Å². The number of likely N-dealkylation sites (N-methyl/N-ethyl adjacent to an activating group) is 1. The van der Waals surface area contributed by atoms with E-state index in [2.05, 4.69) is 17.1 Å². The van der Waals surface area contributed by atoms with Crippen LogP contribution in [0.5, 0.6) is 0 Å². The van der Waals surface area contributed by atoms with Crippen molar-refractivity contribution < 1.29 is 4.79 Å². The molecular weight excluding hydrogens is 282 g/mol. The van der Waals surface area contributed by atoms with Crippen molar-refractivity contribution in [1.82, 2.24) is 15.1 Å². The number of nitrogens with one attached hydrogen (secondary N) is 1. The van der Waals surface area contributed by atoms with Crippen molar-refractivity contribution >= 4 is 28.8 Å². The summed E-state index contributed by atoms with van der Waals surface area (Å²) in [7, 11) is 1.85. The Kier molecular flexibility index (Phi) is 5.21. The summed E-state index contributed by atoms with van der Waals surface area (Å²) in [4.78, 5) is 17.3. The largest absolute Gasteiger partial charge is 0.340 e. The average molecular weight is 302 g/mol. The molecule has 1 aliphatic heterocycles. The van der Waals surface area contributed by atoms with Gasteiger partial charge >= 0.3 is 0 Å². The number of piperazine rings is 1. The summed E-state index contributed by atoms with van der Waals surface area (Å²) in [5.41, 5.74) is 0. The van der Waals surface area contributed by atoms with E-state index in [1.807, 2.05) is 19.2 Å². The zero-order valence-electron chi connectivity index (χ0n) is 11.4. The number of amides is 1. The lowest BCUT2D eigenvalue weighted by Crippen LogP contribution is -2.52. The molecule has 1 aromatic rings. The van der Waals surface area contributed by atoms with E-state index < -0.39 is 0 Å². The minimum atomic E-state index is 0.165. The van der Waals surface area contributed by atoms with Gasteiger partial charge in [0, 0.05) is 37.6 Å². The van der Waals surface area contributed by atoms with Crippen LogP contribution in [-0.4, -0.2) is 55.0 Å². The van der Waals surface area contributed by atoms with Crippen LogP contribution in [0.2, 0.25) is 4.34 Å². The lowest BCUT2D eigenvalue weighted by atomic mass is 10.2. The van der Waals surface area contributed by atoms with Gasteiger partial charge in [-0.2, -0.15) is 0 Å². The zero-order valence-corrected chi connectivity index (χ0v) is 12.9. The Labute approximate surface area is 123 Å². The molecule has 0 saturated carbocycles. The molecule has 1 aliphatic rings. The molecule has 0 spiro atoms. The van der Waals surface area contributed by atoms with Gasteiger partial charge in [0.05, 0.1) is 17.4 Å². The van der Waals surface area contributed by atoms with E-state index in [4.69, 9.17) is 11.6 Å². The maximum atomic E-state index is 12.2. The molecule has 6 heteroatoms. The minimum absolute atomic E-state index is 0.165. The van der Waals surface area contributed by atoms with Crippen LogP contribution in [0.4, 0.5) is 0 Å². The Balaban J connectivity index is 1.85. The normalized spacial score (nSPS) is 20.5. The maximum Gasteiger partial charge on any atom is 0.236 e. The van der Waals surface area contributed by atoms with Crippen molar-refractivity contribution in [3.8, 4) is 0 Å². The van der Waals surface area contributed by atoms with E-state index in [1.165, 1.54) is 11.3 Å². The van der Waals surface area contributed by atoms with Crippen LogP contribution < -0.4 is 5.32 Å². The van der Waals surface area contributed by atoms with Crippen LogP contribution in [0.15, 0.2) is 12.1 Å². The summed E-state index contributed by atoms with van der Waals surface area (Å²) < 4.78 is 0.770. The molecule has 1 N–H and O–H groups in total. The van der Waals surface area contributed by atoms with Gasteiger partial charge in [-0.05, 0) is 19.1 Å². The lowest BCUT2D eigenvalue weighted by Gasteiger charge is -2.34. The molecule has 1 aromatic heterocycles. The Morgan fingerprint density at radius 2 is 2.42 bits per heavy atom. The monoisotopic (exact) mass is 301 g/mol. The van der Waals surface area contributed by atoms with Gasteiger partial charge in [0.2, 0.25) is 5.91 Å². The third-order valence-electron chi connectivity index (χ3n) is 3.42. The summed E-state index contributed by atoms with van der Waals surface area (Å²) in [5, 5.41) is 3.33. The molecule has 1 amide bonds. The van der Waals surface area contributed by atoms with E-state index in [0.29, 0.717) is 19.1 Å². The third-order valence-corrected chi connectivity index (χ3v) is 4.64. The first kappa shape index (κ1) is 14.8. The molecule has 0 bridgehead atoms. The highest BCUT2D eigenvalue weighted by Crippen LogP contribution is 2.22. The van der Waals surface area contributed by atoms with Crippen molar-refractivity contribution in [3.63, 3.8) is 0 Å². The number of hydrogen-bond acceptors (Lipinski definition) is 4. The zero-order chi connectivity index (χ0) is 13.8. The molecule has 0 radical (unpaired) electrons. The van der Waals surface area contributed by atoms with Crippen LogP contribution in [0, 0.1) is 0 Å². The molecule has 106 valence electrons. The van der Waals surface area contributed by atoms with Gasteiger partial charge < -0.3 is 10.2 Å². The molecular formula is C13H20ClN3OS. The van der Waals surface area contributed by atoms with Crippen molar-refractivity contribution in [2.24, 2.45) is 0 Å². The van der Waals surface area contributed by atoms with E-state index in [9.17, 15) is 4.79 Å². The Morgan fingerprint density at radius 3 is 3.05 bits per heavy atom. The fourth-order valence-corrected chi connectivity index (χ4v) is 3.31. The number of thiophene rings is 1. The van der Waals surface area contributed by atoms with Crippen molar-refractivity contribution in [2.45, 2.75) is 19.5 Å². The highest BCUT2D eigenvalue weighted by molar-refractivity contribution is 7.16. The lowest BCUT2D eigenvalue weighted by molar-refractivity contribution is -0.132. The average Bonchev–Trinajstić information content (AvgIpc) is 2.77. The fraction of sp³-hybridized carbons (Fsp3) is 0.615. The topological polar surface area (TPSA) is 35.6 Å². The van der Waals surface area contributed by atoms with Gasteiger partial charge in [-0.15, -0.1) is 11.3 Å². The third kappa shape index (κ3) is 4.18. The number of halogens is 1. The SMILES string of the molecule is C[C@@H]1CNCCN1CC(=O)N(C)Cc1ccc(Cl)s1. The van der Waals surface area contributed by atoms with Crippen LogP contribution in [0.1, 0.15) is 11.8 Å². The first-order valence-corrected chi connectivity index (χ1v) is 7.68. The Morgan fingerprint density at radius 1 is 1.63 bits per heavy atom. The number of carbonyl (C=O) groups excluding carboxylic acids is 1. The predicted octanol–water partition coefficient (Wildman–Crippen LogP) is 1.65. The molecule has 0 aromatic carbocycles. The molecule has 4 nitrogen and oxygen atoms in total. The van der Waals surface area contributed by atoms with E-state index >= 15 is 0 Å². The van der Waals surface area contributed by atoms with Crippen LogP contribution in [-0.2, 0) is 11.3 Å². The van der Waals surface area contributed by atoms with Gasteiger partial charge in [-0.3, -0.25) is 9.69 Å². The first-order chi connectivity index (χ1) is 9.06. The second-order valence-corrected chi connectivity index (χ2v) is 6.78. The van der Waals surface area contributed by atoms with Gasteiger partial charge in [0.1, 0.15) is 0 Å². The smallest absolute Gasteiger partial charge is 0.236 e. The highest BCUT2D eigenvalue weighted by atomic mass is 35.5. The second kappa shape index (κ2) is 6.70. The van der Waals surface area contributed by atoms with Crippen molar-refractivity contribution in [2.75, 3.05) is 33.2 Å². The van der Waals surface area contributed by atoms with E-state index in [1.54, 1.807) is 4.90 Å². The number of nitrogens with zero attached hydrogens (tertiary/aromatic N) is 2. The van der Waals surface area contributed by atoms with Crippen molar-refractivity contribution in [1.29, 1.82) is 0 Å². The molecule has 0 unspecified atom stereocenters. The Bertz CT molecular complexity index is 437. The summed E-state index contributed by atoms with van der Waals surface area (Å²) in [6.45, 7) is 6.14. The van der Waals surface area contributed by atoms with Gasteiger partial charge in [0.15, 0.2) is 0 Å². The van der Waals surface area contributed by atoms with E-state index in [-0.39, 0.29) is 5.91 Å². The summed E-state index contributed by atoms with van der Waals surface area (Å²) >= 11 is 7.43. The van der Waals surface area contributed by atoms with Crippen LogP contribution in [0.25, 0.3) is 0 Å². The molecule has 2 heterocycles. The van der Waals surface area contributed by atoms with Gasteiger partial charge in [0.25, 0.3) is 0 Å². The van der Waals surface area contributed by atoms with Crippen LogP contribution >= 0.6 is 22.9 Å². The van der Waals surface area contributed by atoms with Gasteiger partial charge in [-0.25, -0.2) is 0 Å². The first-order valence-electron chi connectivity index (χ1n) is 6.49. The van der Waals surface area contributed by atoms with Crippen molar-refractivity contribution in [3.05, 3.63) is 21.3 Å². The quantitative estimate of drug-likeness (QED) is 0.918. The predicted molar refractivity (Wildman–Crippen MR) is 79.7 cm³/mol. The molecule has 0 aliphatic carbocycles. The summed E-state index contributed by atoms with van der Waals surface area (Å²) in [6, 6.07) is 4.27. The Hall–Kier alpha value is -0.620.